The molecule has 0 saturated heterocycles. The molecule has 0 radical (unpaired) electrons. The summed E-state index contributed by atoms with van der Waals surface area (Å²) in [6, 6.07) is 11.2. The number of rotatable bonds is 9. The molecule has 10 nitrogen and oxygen atoms in total. The van der Waals surface area contributed by atoms with Crippen molar-refractivity contribution in [1.29, 1.82) is 0 Å². The molecule has 3 aromatic rings. The van der Waals surface area contributed by atoms with Crippen LogP contribution in [-0.2, 0) is 14.8 Å². The highest BCUT2D eigenvalue weighted by atomic mass is 32.2. The summed E-state index contributed by atoms with van der Waals surface area (Å²) in [6.45, 7) is 1.41. The van der Waals surface area contributed by atoms with E-state index in [2.05, 4.69) is 20.2 Å². The van der Waals surface area contributed by atoms with Gasteiger partial charge in [-0.05, 0) is 36.6 Å². The zero-order chi connectivity index (χ0) is 23.1. The standard InChI is InChI=1S/C20H19N5O5S2/c1-13(14-4-2-5-15(10-14)30-12-18(21)26)23-24-20(27)16-7-8-22-11-17(16)25-32(28,29)19-6-3-9-31-19/h2-11,25H,12H2,1H3,(H2,21,26)(H,24,27). The number of pyridine rings is 1. The fraction of sp³-hybridized carbons (Fsp3) is 0.100. The summed E-state index contributed by atoms with van der Waals surface area (Å²) in [7, 11) is -3.85. The van der Waals surface area contributed by atoms with Crippen LogP contribution in [0.1, 0.15) is 22.8 Å². The third kappa shape index (κ3) is 5.89. The SMILES string of the molecule is CC(=NNC(=O)c1ccncc1NS(=O)(=O)c1cccs1)c1cccc(OCC(N)=O)c1. The van der Waals surface area contributed by atoms with Crippen molar-refractivity contribution in [2.75, 3.05) is 11.3 Å². The molecule has 0 aliphatic carbocycles. The van der Waals surface area contributed by atoms with Gasteiger partial charge in [0, 0.05) is 11.8 Å². The molecule has 4 N–H and O–H groups in total. The van der Waals surface area contributed by atoms with Crippen LogP contribution in [0, 0.1) is 0 Å². The third-order valence-electron chi connectivity index (χ3n) is 4.03. The molecule has 0 saturated carbocycles. The second-order valence-electron chi connectivity index (χ2n) is 6.38. The zero-order valence-corrected chi connectivity index (χ0v) is 18.4. The molecule has 0 unspecified atom stereocenters. The maximum atomic E-state index is 12.7. The molecule has 0 aliphatic rings. The number of nitrogens with one attached hydrogen (secondary N) is 2. The number of benzene rings is 1. The number of sulfonamides is 1. The van der Waals surface area contributed by atoms with E-state index in [0.29, 0.717) is 17.0 Å². The minimum atomic E-state index is -3.85. The van der Waals surface area contributed by atoms with Crippen molar-refractivity contribution in [3.05, 3.63) is 71.4 Å². The first kappa shape index (κ1) is 22.9. The second-order valence-corrected chi connectivity index (χ2v) is 9.24. The molecule has 2 aromatic heterocycles. The first-order valence-electron chi connectivity index (χ1n) is 9.13. The molecule has 32 heavy (non-hydrogen) atoms. The van der Waals surface area contributed by atoms with Crippen LogP contribution in [0.15, 0.2) is 69.5 Å². The maximum Gasteiger partial charge on any atom is 0.273 e. The molecular formula is C20H19N5O5S2. The van der Waals surface area contributed by atoms with E-state index in [0.717, 1.165) is 11.3 Å². The van der Waals surface area contributed by atoms with Crippen LogP contribution >= 0.6 is 11.3 Å². The van der Waals surface area contributed by atoms with Gasteiger partial charge in [-0.1, -0.05) is 18.2 Å². The molecule has 0 aliphatic heterocycles. The average Bonchev–Trinajstić information content (AvgIpc) is 3.32. The van der Waals surface area contributed by atoms with Crippen molar-refractivity contribution >= 4 is 44.6 Å². The molecule has 0 bridgehead atoms. The summed E-state index contributed by atoms with van der Waals surface area (Å²) in [5.74, 6) is -0.811. The number of primary amides is 1. The highest BCUT2D eigenvalue weighted by Crippen LogP contribution is 2.22. The van der Waals surface area contributed by atoms with Crippen molar-refractivity contribution in [3.63, 3.8) is 0 Å². The molecular weight excluding hydrogens is 454 g/mol. The van der Waals surface area contributed by atoms with E-state index < -0.39 is 21.8 Å². The number of carbonyl (C=O) groups is 2. The zero-order valence-electron chi connectivity index (χ0n) is 16.8. The van der Waals surface area contributed by atoms with Gasteiger partial charge >= 0.3 is 0 Å². The number of anilines is 1. The van der Waals surface area contributed by atoms with Crippen molar-refractivity contribution in [1.82, 2.24) is 10.4 Å². The topological polar surface area (TPSA) is 153 Å². The van der Waals surface area contributed by atoms with Gasteiger partial charge in [-0.2, -0.15) is 5.10 Å². The van der Waals surface area contributed by atoms with E-state index in [1.54, 1.807) is 42.6 Å². The smallest absolute Gasteiger partial charge is 0.273 e. The second kappa shape index (κ2) is 10.0. The molecule has 1 aromatic carbocycles. The highest BCUT2D eigenvalue weighted by molar-refractivity contribution is 7.94. The van der Waals surface area contributed by atoms with Gasteiger partial charge in [0.1, 0.15) is 9.96 Å². The lowest BCUT2D eigenvalue weighted by Crippen LogP contribution is -2.22. The number of ether oxygens (including phenoxy) is 1. The normalized spacial score (nSPS) is 11.6. The quantitative estimate of drug-likeness (QED) is 0.319. The van der Waals surface area contributed by atoms with Gasteiger partial charge in [0.25, 0.3) is 21.8 Å². The average molecular weight is 474 g/mol. The van der Waals surface area contributed by atoms with Crippen molar-refractivity contribution in [2.45, 2.75) is 11.1 Å². The number of nitrogens with zero attached hydrogens (tertiary/aromatic N) is 2. The number of carbonyl (C=O) groups excluding carboxylic acids is 2. The van der Waals surface area contributed by atoms with Gasteiger partial charge in [0.15, 0.2) is 6.61 Å². The molecule has 0 fully saturated rings. The van der Waals surface area contributed by atoms with E-state index in [-0.39, 0.29) is 22.1 Å². The van der Waals surface area contributed by atoms with Gasteiger partial charge in [-0.15, -0.1) is 11.3 Å². The Hall–Kier alpha value is -3.77. The van der Waals surface area contributed by atoms with E-state index in [9.17, 15) is 18.0 Å². The lowest BCUT2D eigenvalue weighted by atomic mass is 10.1. The highest BCUT2D eigenvalue weighted by Gasteiger charge is 2.19. The van der Waals surface area contributed by atoms with Crippen LogP contribution in [0.5, 0.6) is 5.75 Å². The van der Waals surface area contributed by atoms with Gasteiger partial charge in [-0.25, -0.2) is 13.8 Å². The van der Waals surface area contributed by atoms with Gasteiger partial charge in [-0.3, -0.25) is 19.3 Å². The number of hydrogen-bond acceptors (Lipinski definition) is 8. The fourth-order valence-electron chi connectivity index (χ4n) is 2.51. The maximum absolute atomic E-state index is 12.7. The molecule has 0 spiro atoms. The van der Waals surface area contributed by atoms with Gasteiger partial charge < -0.3 is 10.5 Å². The van der Waals surface area contributed by atoms with Crippen molar-refractivity contribution < 1.29 is 22.7 Å². The van der Waals surface area contributed by atoms with Gasteiger partial charge in [0.2, 0.25) is 0 Å². The Morgan fingerprint density at radius 3 is 2.75 bits per heavy atom. The summed E-state index contributed by atoms with van der Waals surface area (Å²) in [5, 5.41) is 5.70. The lowest BCUT2D eigenvalue weighted by Gasteiger charge is -2.10. The summed E-state index contributed by atoms with van der Waals surface area (Å²) in [5.41, 5.74) is 8.64. The Bertz CT molecular complexity index is 1260. The van der Waals surface area contributed by atoms with Gasteiger partial charge in [0.05, 0.1) is 23.2 Å². The summed E-state index contributed by atoms with van der Waals surface area (Å²) >= 11 is 1.05. The van der Waals surface area contributed by atoms with Crippen molar-refractivity contribution in [3.8, 4) is 5.75 Å². The monoisotopic (exact) mass is 473 g/mol. The number of hydrazone groups is 1. The molecule has 2 heterocycles. The van der Waals surface area contributed by atoms with E-state index in [1.165, 1.54) is 24.5 Å². The number of thiophene rings is 1. The van der Waals surface area contributed by atoms with E-state index in [4.69, 9.17) is 10.5 Å². The molecule has 166 valence electrons. The van der Waals surface area contributed by atoms with Crippen LogP contribution in [-0.4, -0.2) is 37.5 Å². The molecule has 12 heteroatoms. The number of amides is 2. The third-order valence-corrected chi connectivity index (χ3v) is 6.79. The first-order chi connectivity index (χ1) is 15.3. The van der Waals surface area contributed by atoms with Crippen LogP contribution in [0.4, 0.5) is 5.69 Å². The number of aromatic nitrogens is 1. The Labute approximate surface area is 188 Å². The Morgan fingerprint density at radius 2 is 2.03 bits per heavy atom. The Kier molecular flexibility index (Phi) is 7.18. The number of nitrogens with two attached hydrogens (primary N) is 1. The predicted octanol–water partition coefficient (Wildman–Crippen LogP) is 1.96. The minimum absolute atomic E-state index is 0.0214. The molecule has 2 amide bonds. The molecule has 3 rings (SSSR count). The fourth-order valence-corrected chi connectivity index (χ4v) is 4.57. The lowest BCUT2D eigenvalue weighted by molar-refractivity contribution is -0.119. The number of hydrogen-bond donors (Lipinski definition) is 3. The predicted molar refractivity (Wildman–Crippen MR) is 120 cm³/mol. The van der Waals surface area contributed by atoms with Crippen LogP contribution in [0.3, 0.4) is 0 Å². The van der Waals surface area contributed by atoms with Crippen LogP contribution in [0.25, 0.3) is 0 Å². The summed E-state index contributed by atoms with van der Waals surface area (Å²) in [4.78, 5) is 27.4. The van der Waals surface area contributed by atoms with Crippen LogP contribution in [0.2, 0.25) is 0 Å². The van der Waals surface area contributed by atoms with E-state index >= 15 is 0 Å². The van der Waals surface area contributed by atoms with E-state index in [1.807, 2.05) is 0 Å². The largest absolute Gasteiger partial charge is 0.484 e. The Morgan fingerprint density at radius 1 is 1.22 bits per heavy atom. The van der Waals surface area contributed by atoms with Crippen LogP contribution < -0.4 is 20.6 Å². The summed E-state index contributed by atoms with van der Waals surface area (Å²) < 4.78 is 32.7. The molecule has 0 atom stereocenters. The first-order valence-corrected chi connectivity index (χ1v) is 11.5. The Balaban J connectivity index is 1.75. The summed E-state index contributed by atoms with van der Waals surface area (Å²) in [6.07, 6.45) is 2.62. The van der Waals surface area contributed by atoms with Crippen molar-refractivity contribution in [2.24, 2.45) is 10.8 Å². The minimum Gasteiger partial charge on any atom is -0.484 e.